The van der Waals surface area contributed by atoms with Crippen LogP contribution in [-0.4, -0.2) is 37.4 Å². The number of nitrogens with one attached hydrogen (secondary N) is 2. The molecule has 2 N–H and O–H groups in total. The maximum atomic E-state index is 13.0. The van der Waals surface area contributed by atoms with Crippen LogP contribution in [0.4, 0.5) is 17.3 Å². The Hall–Kier alpha value is -3.20. The maximum Gasteiger partial charge on any atom is 0.263 e. The number of carbonyl (C=O) groups excluding carboxylic acids is 1. The monoisotopic (exact) mass is 425 g/mol. The van der Waals surface area contributed by atoms with Crippen molar-refractivity contribution in [2.45, 2.75) is 31.1 Å². The Bertz CT molecular complexity index is 1170. The lowest BCUT2D eigenvalue weighted by Crippen LogP contribution is -2.31. The first-order valence-corrected chi connectivity index (χ1v) is 11.3. The van der Waals surface area contributed by atoms with Crippen molar-refractivity contribution in [3.8, 4) is 0 Å². The summed E-state index contributed by atoms with van der Waals surface area (Å²) >= 11 is 0. The minimum absolute atomic E-state index is 0.0798. The van der Waals surface area contributed by atoms with Crippen LogP contribution in [0.5, 0.6) is 0 Å². The average molecular weight is 426 g/mol. The van der Waals surface area contributed by atoms with Crippen molar-refractivity contribution in [1.29, 1.82) is 0 Å². The van der Waals surface area contributed by atoms with Crippen LogP contribution in [0.3, 0.4) is 0 Å². The summed E-state index contributed by atoms with van der Waals surface area (Å²) in [6.45, 7) is 3.02. The Balaban J connectivity index is 1.69. The van der Waals surface area contributed by atoms with Crippen LogP contribution >= 0.6 is 0 Å². The number of sulfonamides is 1. The first kappa shape index (κ1) is 20.1. The van der Waals surface area contributed by atoms with E-state index in [9.17, 15) is 13.2 Å². The van der Waals surface area contributed by atoms with Gasteiger partial charge in [0.05, 0.1) is 15.9 Å². The summed E-state index contributed by atoms with van der Waals surface area (Å²) in [5.41, 5.74) is 1.87. The molecule has 2 heterocycles. The van der Waals surface area contributed by atoms with E-state index in [0.717, 1.165) is 37.9 Å². The summed E-state index contributed by atoms with van der Waals surface area (Å²) in [5.74, 6) is 0.551. The van der Waals surface area contributed by atoms with Crippen molar-refractivity contribution in [2.75, 3.05) is 28.0 Å². The van der Waals surface area contributed by atoms with E-state index < -0.39 is 10.0 Å². The fraction of sp³-hybridized carbons (Fsp3) is 0.286. The van der Waals surface area contributed by atoms with Gasteiger partial charge in [-0.3, -0.25) is 9.52 Å². The molecule has 1 fully saturated rings. The Morgan fingerprint density at radius 1 is 0.933 bits per heavy atom. The second kappa shape index (κ2) is 8.27. The molecule has 8 nitrogen and oxygen atoms in total. The fourth-order valence-electron chi connectivity index (χ4n) is 3.49. The standard InChI is InChI=1S/C21H23N5O3S/c1-15(27)22-16-9-11-17(12-10-16)30(28,29)25-20-21(26-13-5-2-6-14-26)24-19-8-4-3-7-18(19)23-20/h3-4,7-12H,2,5-6,13-14H2,1H3,(H,22,27)(H,23,25). The number of carbonyl (C=O) groups is 1. The zero-order valence-electron chi connectivity index (χ0n) is 16.6. The van der Waals surface area contributed by atoms with Gasteiger partial charge in [0.1, 0.15) is 0 Å². The molecule has 30 heavy (non-hydrogen) atoms. The Morgan fingerprint density at radius 3 is 2.20 bits per heavy atom. The molecule has 0 saturated carbocycles. The normalized spacial score (nSPS) is 14.5. The van der Waals surface area contributed by atoms with Gasteiger partial charge >= 0.3 is 0 Å². The second-order valence-electron chi connectivity index (χ2n) is 7.24. The SMILES string of the molecule is CC(=O)Nc1ccc(S(=O)(=O)Nc2nc3ccccc3nc2N2CCCCC2)cc1. The van der Waals surface area contributed by atoms with Crippen LogP contribution in [0.1, 0.15) is 26.2 Å². The molecule has 0 unspecified atom stereocenters. The Morgan fingerprint density at radius 2 is 1.57 bits per heavy atom. The van der Waals surface area contributed by atoms with Crippen LogP contribution in [0.15, 0.2) is 53.4 Å². The van der Waals surface area contributed by atoms with Gasteiger partial charge < -0.3 is 10.2 Å². The van der Waals surface area contributed by atoms with Crippen molar-refractivity contribution in [3.05, 3.63) is 48.5 Å². The Kier molecular flexibility index (Phi) is 5.54. The van der Waals surface area contributed by atoms with E-state index in [2.05, 4.69) is 19.9 Å². The van der Waals surface area contributed by atoms with Crippen molar-refractivity contribution in [1.82, 2.24) is 9.97 Å². The first-order chi connectivity index (χ1) is 14.4. The molecule has 1 aliphatic rings. The molecule has 0 atom stereocenters. The number of piperidine rings is 1. The number of para-hydroxylation sites is 2. The van der Waals surface area contributed by atoms with Crippen LogP contribution in [0.25, 0.3) is 11.0 Å². The van der Waals surface area contributed by atoms with E-state index in [1.165, 1.54) is 19.1 Å². The van der Waals surface area contributed by atoms with Crippen molar-refractivity contribution < 1.29 is 13.2 Å². The molecular formula is C21H23N5O3S. The summed E-state index contributed by atoms with van der Waals surface area (Å²) in [4.78, 5) is 22.6. The lowest BCUT2D eigenvalue weighted by molar-refractivity contribution is -0.114. The smallest absolute Gasteiger partial charge is 0.263 e. The lowest BCUT2D eigenvalue weighted by Gasteiger charge is -2.29. The van der Waals surface area contributed by atoms with Gasteiger partial charge in [-0.1, -0.05) is 12.1 Å². The predicted molar refractivity (Wildman–Crippen MR) is 117 cm³/mol. The van der Waals surface area contributed by atoms with Crippen LogP contribution < -0.4 is 14.9 Å². The highest BCUT2D eigenvalue weighted by molar-refractivity contribution is 7.92. The van der Waals surface area contributed by atoms with E-state index >= 15 is 0 Å². The number of nitrogens with zero attached hydrogens (tertiary/aromatic N) is 3. The number of aromatic nitrogens is 2. The summed E-state index contributed by atoms with van der Waals surface area (Å²) in [5, 5.41) is 2.62. The highest BCUT2D eigenvalue weighted by Crippen LogP contribution is 2.29. The summed E-state index contributed by atoms with van der Waals surface area (Å²) in [7, 11) is -3.88. The third-order valence-electron chi connectivity index (χ3n) is 4.92. The van der Waals surface area contributed by atoms with E-state index in [4.69, 9.17) is 4.98 Å². The van der Waals surface area contributed by atoms with Gasteiger partial charge in [0.15, 0.2) is 11.6 Å². The van der Waals surface area contributed by atoms with Crippen LogP contribution in [0.2, 0.25) is 0 Å². The van der Waals surface area contributed by atoms with Gasteiger partial charge in [-0.25, -0.2) is 18.4 Å². The molecule has 156 valence electrons. The molecule has 9 heteroatoms. The number of amides is 1. The molecule has 1 aliphatic heterocycles. The molecule has 1 amide bonds. The minimum Gasteiger partial charge on any atom is -0.354 e. The molecule has 3 aromatic rings. The molecule has 0 aliphatic carbocycles. The Labute approximate surface area is 175 Å². The molecule has 0 bridgehead atoms. The van der Waals surface area contributed by atoms with E-state index in [-0.39, 0.29) is 16.6 Å². The number of fused-ring (bicyclic) bond motifs is 1. The van der Waals surface area contributed by atoms with Crippen LogP contribution in [0, 0.1) is 0 Å². The number of hydrogen-bond acceptors (Lipinski definition) is 6. The van der Waals surface area contributed by atoms with E-state index in [1.807, 2.05) is 24.3 Å². The third kappa shape index (κ3) is 4.35. The first-order valence-electron chi connectivity index (χ1n) is 9.84. The fourth-order valence-corrected chi connectivity index (χ4v) is 4.50. The van der Waals surface area contributed by atoms with Crippen molar-refractivity contribution in [2.24, 2.45) is 0 Å². The van der Waals surface area contributed by atoms with Gasteiger partial charge in [0.25, 0.3) is 10.0 Å². The number of anilines is 3. The maximum absolute atomic E-state index is 13.0. The summed E-state index contributed by atoms with van der Waals surface area (Å²) < 4.78 is 28.7. The van der Waals surface area contributed by atoms with Gasteiger partial charge in [-0.05, 0) is 55.7 Å². The molecule has 1 saturated heterocycles. The highest BCUT2D eigenvalue weighted by atomic mass is 32.2. The van der Waals surface area contributed by atoms with Gasteiger partial charge in [-0.15, -0.1) is 0 Å². The summed E-state index contributed by atoms with van der Waals surface area (Å²) in [6.07, 6.45) is 3.22. The molecular weight excluding hydrogens is 402 g/mol. The quantitative estimate of drug-likeness (QED) is 0.649. The number of hydrogen-bond donors (Lipinski definition) is 2. The second-order valence-corrected chi connectivity index (χ2v) is 8.93. The van der Waals surface area contributed by atoms with E-state index in [0.29, 0.717) is 17.0 Å². The van der Waals surface area contributed by atoms with Crippen LogP contribution in [-0.2, 0) is 14.8 Å². The number of benzene rings is 2. The highest BCUT2D eigenvalue weighted by Gasteiger charge is 2.23. The van der Waals surface area contributed by atoms with Crippen molar-refractivity contribution in [3.63, 3.8) is 0 Å². The van der Waals surface area contributed by atoms with Gasteiger partial charge in [0, 0.05) is 25.7 Å². The molecule has 4 rings (SSSR count). The molecule has 2 aromatic carbocycles. The van der Waals surface area contributed by atoms with Crippen molar-refractivity contribution >= 4 is 44.3 Å². The van der Waals surface area contributed by atoms with Gasteiger partial charge in [-0.2, -0.15) is 0 Å². The van der Waals surface area contributed by atoms with E-state index in [1.54, 1.807) is 12.1 Å². The minimum atomic E-state index is -3.88. The van der Waals surface area contributed by atoms with Gasteiger partial charge in [0.2, 0.25) is 5.91 Å². The molecule has 1 aromatic heterocycles. The summed E-state index contributed by atoms with van der Waals surface area (Å²) in [6, 6.07) is 13.4. The topological polar surface area (TPSA) is 104 Å². The predicted octanol–water partition coefficient (Wildman–Crippen LogP) is 3.38. The average Bonchev–Trinajstić information content (AvgIpc) is 2.73. The molecule has 0 spiro atoms. The molecule has 0 radical (unpaired) electrons. The zero-order chi connectivity index (χ0) is 21.1. The third-order valence-corrected chi connectivity index (χ3v) is 6.28. The largest absolute Gasteiger partial charge is 0.354 e. The zero-order valence-corrected chi connectivity index (χ0v) is 17.4. The number of rotatable bonds is 5. The lowest BCUT2D eigenvalue weighted by atomic mass is 10.1.